The van der Waals surface area contributed by atoms with E-state index < -0.39 is 11.7 Å². The molecule has 0 atom stereocenters. The molecule has 0 fully saturated rings. The normalized spacial score (nSPS) is 9.68. The van der Waals surface area contributed by atoms with Crippen molar-refractivity contribution in [1.82, 2.24) is 4.98 Å². The summed E-state index contributed by atoms with van der Waals surface area (Å²) >= 11 is 0. The summed E-state index contributed by atoms with van der Waals surface area (Å²) in [6, 6.07) is 6.92. The fraction of sp³-hybridized carbons (Fsp3) is 0. The number of carbonyl (C=O) groups is 1. The zero-order chi connectivity index (χ0) is 13.8. The lowest BCUT2D eigenvalue weighted by Gasteiger charge is -2.07. The highest BCUT2D eigenvalue weighted by Crippen LogP contribution is 2.16. The number of nitriles is 1. The molecule has 0 spiro atoms. The third-order valence-electron chi connectivity index (χ3n) is 2.44. The van der Waals surface area contributed by atoms with Crippen molar-refractivity contribution in [2.75, 3.05) is 11.1 Å². The van der Waals surface area contributed by atoms with Gasteiger partial charge in [0.05, 0.1) is 11.1 Å². The second-order valence-electron chi connectivity index (χ2n) is 3.72. The number of halogens is 1. The Labute approximate surface area is 108 Å². The first kappa shape index (κ1) is 12.5. The fourth-order valence-corrected chi connectivity index (χ4v) is 1.48. The van der Waals surface area contributed by atoms with E-state index in [1.807, 2.05) is 0 Å². The van der Waals surface area contributed by atoms with Crippen molar-refractivity contribution in [3.63, 3.8) is 0 Å². The van der Waals surface area contributed by atoms with Crippen LogP contribution in [-0.2, 0) is 0 Å². The second kappa shape index (κ2) is 5.14. The Morgan fingerprint density at radius 2 is 2.21 bits per heavy atom. The van der Waals surface area contributed by atoms with Crippen LogP contribution in [0.15, 0.2) is 36.7 Å². The molecule has 2 aromatic rings. The van der Waals surface area contributed by atoms with Crippen LogP contribution in [0, 0.1) is 17.1 Å². The number of pyridine rings is 1. The number of amides is 1. The van der Waals surface area contributed by atoms with Crippen molar-refractivity contribution in [3.8, 4) is 6.07 Å². The topological polar surface area (TPSA) is 91.8 Å². The summed E-state index contributed by atoms with van der Waals surface area (Å²) in [5.74, 6) is -1.11. The summed E-state index contributed by atoms with van der Waals surface area (Å²) < 4.78 is 13.1. The minimum atomic E-state index is -0.638. The summed E-state index contributed by atoms with van der Waals surface area (Å²) in [7, 11) is 0. The minimum absolute atomic E-state index is 0.142. The van der Waals surface area contributed by atoms with Gasteiger partial charge in [0, 0.05) is 23.8 Å². The van der Waals surface area contributed by atoms with Gasteiger partial charge in [-0.2, -0.15) is 5.26 Å². The number of nitrogen functional groups attached to an aromatic ring is 1. The van der Waals surface area contributed by atoms with Crippen LogP contribution in [0.2, 0.25) is 0 Å². The number of nitrogens with two attached hydrogens (primary N) is 1. The quantitative estimate of drug-likeness (QED) is 0.858. The Kier molecular flexibility index (Phi) is 3.39. The lowest BCUT2D eigenvalue weighted by molar-refractivity contribution is 0.102. The first-order chi connectivity index (χ1) is 9.11. The zero-order valence-electron chi connectivity index (χ0n) is 9.72. The van der Waals surface area contributed by atoms with E-state index >= 15 is 0 Å². The largest absolute Gasteiger partial charge is 0.398 e. The highest BCUT2D eigenvalue weighted by atomic mass is 19.1. The third kappa shape index (κ3) is 2.66. The summed E-state index contributed by atoms with van der Waals surface area (Å²) in [6.45, 7) is 0. The summed E-state index contributed by atoms with van der Waals surface area (Å²) in [4.78, 5) is 15.7. The van der Waals surface area contributed by atoms with Gasteiger partial charge in [-0.25, -0.2) is 4.39 Å². The minimum Gasteiger partial charge on any atom is -0.398 e. The van der Waals surface area contributed by atoms with Gasteiger partial charge in [0.1, 0.15) is 11.9 Å². The van der Waals surface area contributed by atoms with Crippen molar-refractivity contribution in [3.05, 3.63) is 53.6 Å². The monoisotopic (exact) mass is 256 g/mol. The zero-order valence-corrected chi connectivity index (χ0v) is 9.72. The number of rotatable bonds is 2. The number of anilines is 2. The molecular weight excluding hydrogens is 247 g/mol. The number of hydrogen-bond donors (Lipinski definition) is 2. The van der Waals surface area contributed by atoms with Crippen LogP contribution in [0.4, 0.5) is 15.8 Å². The molecule has 0 unspecified atom stereocenters. The first-order valence-corrected chi connectivity index (χ1v) is 5.32. The van der Waals surface area contributed by atoms with Crippen molar-refractivity contribution in [2.24, 2.45) is 0 Å². The van der Waals surface area contributed by atoms with Gasteiger partial charge in [0.15, 0.2) is 0 Å². The molecule has 5 nitrogen and oxygen atoms in total. The molecule has 0 aliphatic carbocycles. The van der Waals surface area contributed by atoms with Crippen LogP contribution in [-0.4, -0.2) is 10.9 Å². The average Bonchev–Trinajstić information content (AvgIpc) is 2.41. The van der Waals surface area contributed by atoms with E-state index in [0.29, 0.717) is 5.69 Å². The molecule has 0 radical (unpaired) electrons. The van der Waals surface area contributed by atoms with Crippen LogP contribution in [0.3, 0.4) is 0 Å². The Hall–Kier alpha value is -2.94. The summed E-state index contributed by atoms with van der Waals surface area (Å²) in [5.41, 5.74) is 6.31. The maximum atomic E-state index is 13.1. The van der Waals surface area contributed by atoms with Gasteiger partial charge in [-0.15, -0.1) is 0 Å². The summed E-state index contributed by atoms with van der Waals surface area (Å²) in [5, 5.41) is 11.2. The van der Waals surface area contributed by atoms with E-state index in [1.165, 1.54) is 30.6 Å². The third-order valence-corrected chi connectivity index (χ3v) is 2.44. The molecule has 19 heavy (non-hydrogen) atoms. The fourth-order valence-electron chi connectivity index (χ4n) is 1.48. The van der Waals surface area contributed by atoms with Gasteiger partial charge < -0.3 is 11.1 Å². The van der Waals surface area contributed by atoms with E-state index in [2.05, 4.69) is 10.3 Å². The lowest BCUT2D eigenvalue weighted by Crippen LogP contribution is -2.14. The van der Waals surface area contributed by atoms with Gasteiger partial charge in [0.2, 0.25) is 0 Å². The molecule has 3 N–H and O–H groups in total. The van der Waals surface area contributed by atoms with Gasteiger partial charge >= 0.3 is 0 Å². The van der Waals surface area contributed by atoms with Crippen molar-refractivity contribution < 1.29 is 9.18 Å². The van der Waals surface area contributed by atoms with Crippen LogP contribution in [0.25, 0.3) is 0 Å². The van der Waals surface area contributed by atoms with Crippen LogP contribution < -0.4 is 11.1 Å². The van der Waals surface area contributed by atoms with E-state index in [-0.39, 0.29) is 16.8 Å². The van der Waals surface area contributed by atoms with Gasteiger partial charge in [-0.05, 0) is 24.3 Å². The summed E-state index contributed by atoms with van der Waals surface area (Å²) in [6.07, 6.45) is 2.80. The second-order valence-corrected chi connectivity index (χ2v) is 3.72. The molecule has 1 aromatic carbocycles. The highest BCUT2D eigenvalue weighted by Gasteiger charge is 2.11. The van der Waals surface area contributed by atoms with Crippen LogP contribution in [0.5, 0.6) is 0 Å². The predicted molar refractivity (Wildman–Crippen MR) is 67.7 cm³/mol. The molecule has 1 amide bonds. The SMILES string of the molecule is N#Cc1cc(NC(=O)c2cnccc2N)ccc1F. The molecule has 0 saturated carbocycles. The molecule has 0 aliphatic heterocycles. The smallest absolute Gasteiger partial charge is 0.259 e. The van der Waals surface area contributed by atoms with E-state index in [9.17, 15) is 9.18 Å². The number of nitrogens with one attached hydrogen (secondary N) is 1. The maximum absolute atomic E-state index is 13.1. The van der Waals surface area contributed by atoms with Crippen molar-refractivity contribution in [2.45, 2.75) is 0 Å². The number of aromatic nitrogens is 1. The standard InChI is InChI=1S/C13H9FN4O/c14-11-2-1-9(5-8(11)6-15)18-13(19)10-7-17-4-3-12(10)16/h1-5,7H,(H2,16,17)(H,18,19). The van der Waals surface area contributed by atoms with Crippen molar-refractivity contribution in [1.29, 1.82) is 5.26 Å². The van der Waals surface area contributed by atoms with Gasteiger partial charge in [-0.3, -0.25) is 9.78 Å². The molecule has 0 aliphatic rings. The molecule has 2 rings (SSSR count). The molecule has 1 heterocycles. The number of nitrogens with zero attached hydrogens (tertiary/aromatic N) is 2. The number of benzene rings is 1. The molecular formula is C13H9FN4O. The Morgan fingerprint density at radius 1 is 1.42 bits per heavy atom. The molecule has 0 bridgehead atoms. The number of carbonyl (C=O) groups excluding carboxylic acids is 1. The van der Waals surface area contributed by atoms with Crippen molar-refractivity contribution >= 4 is 17.3 Å². The predicted octanol–water partition coefficient (Wildman–Crippen LogP) is 1.93. The van der Waals surface area contributed by atoms with E-state index in [4.69, 9.17) is 11.0 Å². The average molecular weight is 256 g/mol. The van der Waals surface area contributed by atoms with Crippen LogP contribution in [0.1, 0.15) is 15.9 Å². The van der Waals surface area contributed by atoms with Gasteiger partial charge in [-0.1, -0.05) is 0 Å². The van der Waals surface area contributed by atoms with E-state index in [1.54, 1.807) is 6.07 Å². The Morgan fingerprint density at radius 3 is 2.89 bits per heavy atom. The maximum Gasteiger partial charge on any atom is 0.259 e. The Balaban J connectivity index is 2.25. The number of hydrogen-bond acceptors (Lipinski definition) is 4. The van der Waals surface area contributed by atoms with E-state index in [0.717, 1.165) is 6.07 Å². The molecule has 0 saturated heterocycles. The highest BCUT2D eigenvalue weighted by molar-refractivity contribution is 6.07. The lowest BCUT2D eigenvalue weighted by atomic mass is 10.2. The first-order valence-electron chi connectivity index (χ1n) is 5.32. The Bertz CT molecular complexity index is 679. The van der Waals surface area contributed by atoms with Gasteiger partial charge in [0.25, 0.3) is 5.91 Å². The molecule has 1 aromatic heterocycles. The van der Waals surface area contributed by atoms with Crippen LogP contribution >= 0.6 is 0 Å². The molecule has 94 valence electrons. The molecule has 6 heteroatoms.